The fourth-order valence-corrected chi connectivity index (χ4v) is 1.66. The van der Waals surface area contributed by atoms with Crippen molar-refractivity contribution >= 4 is 0 Å². The molecule has 16 heavy (non-hydrogen) atoms. The molecule has 0 aromatic heterocycles. The lowest BCUT2D eigenvalue weighted by Crippen LogP contribution is -2.34. The first-order chi connectivity index (χ1) is 7.52. The SMILES string of the molecule is CCOCCC(CNCCOC)C(C)(C)C. The zero-order valence-corrected chi connectivity index (χ0v) is 11.6. The molecule has 0 spiro atoms. The van der Waals surface area contributed by atoms with Crippen molar-refractivity contribution in [1.29, 1.82) is 0 Å². The van der Waals surface area contributed by atoms with Gasteiger partial charge in [-0.3, -0.25) is 0 Å². The maximum atomic E-state index is 5.43. The van der Waals surface area contributed by atoms with Gasteiger partial charge in [0.05, 0.1) is 6.61 Å². The Labute approximate surface area is 101 Å². The van der Waals surface area contributed by atoms with E-state index in [1.54, 1.807) is 7.11 Å². The predicted octanol–water partition coefficient (Wildman–Crippen LogP) is 2.31. The quantitative estimate of drug-likeness (QED) is 0.618. The van der Waals surface area contributed by atoms with Crippen LogP contribution >= 0.6 is 0 Å². The standard InChI is InChI=1S/C13H29NO2/c1-6-16-9-7-12(13(2,3)4)11-14-8-10-15-5/h12,14H,6-11H2,1-5H3. The van der Waals surface area contributed by atoms with E-state index in [4.69, 9.17) is 9.47 Å². The van der Waals surface area contributed by atoms with Crippen LogP contribution < -0.4 is 5.32 Å². The Morgan fingerprint density at radius 1 is 1.19 bits per heavy atom. The average molecular weight is 231 g/mol. The Morgan fingerprint density at radius 2 is 1.88 bits per heavy atom. The maximum absolute atomic E-state index is 5.43. The van der Waals surface area contributed by atoms with Crippen LogP contribution in [0, 0.1) is 11.3 Å². The molecule has 3 nitrogen and oxygen atoms in total. The first kappa shape index (κ1) is 15.9. The summed E-state index contributed by atoms with van der Waals surface area (Å²) in [5.74, 6) is 0.649. The summed E-state index contributed by atoms with van der Waals surface area (Å²) in [6, 6.07) is 0. The van der Waals surface area contributed by atoms with E-state index in [-0.39, 0.29) is 0 Å². The smallest absolute Gasteiger partial charge is 0.0587 e. The molecule has 1 N–H and O–H groups in total. The van der Waals surface area contributed by atoms with E-state index in [9.17, 15) is 0 Å². The van der Waals surface area contributed by atoms with Crippen molar-refractivity contribution in [1.82, 2.24) is 5.32 Å². The molecule has 0 fully saturated rings. The van der Waals surface area contributed by atoms with Crippen LogP contribution in [0.5, 0.6) is 0 Å². The second kappa shape index (κ2) is 8.97. The Balaban J connectivity index is 3.82. The molecular formula is C13H29NO2. The van der Waals surface area contributed by atoms with Crippen molar-refractivity contribution in [3.05, 3.63) is 0 Å². The minimum absolute atomic E-state index is 0.331. The van der Waals surface area contributed by atoms with Crippen molar-refractivity contribution in [3.63, 3.8) is 0 Å². The number of hydrogen-bond acceptors (Lipinski definition) is 3. The Kier molecular flexibility index (Phi) is 8.90. The highest BCUT2D eigenvalue weighted by molar-refractivity contribution is 4.75. The second-order valence-corrected chi connectivity index (χ2v) is 5.25. The van der Waals surface area contributed by atoms with Gasteiger partial charge in [0.15, 0.2) is 0 Å². The molecule has 98 valence electrons. The highest BCUT2D eigenvalue weighted by Crippen LogP contribution is 2.28. The largest absolute Gasteiger partial charge is 0.383 e. The van der Waals surface area contributed by atoms with E-state index < -0.39 is 0 Å². The van der Waals surface area contributed by atoms with Gasteiger partial charge in [0, 0.05) is 26.9 Å². The van der Waals surface area contributed by atoms with Gasteiger partial charge >= 0.3 is 0 Å². The lowest BCUT2D eigenvalue weighted by atomic mass is 9.79. The minimum Gasteiger partial charge on any atom is -0.383 e. The molecule has 0 aromatic carbocycles. The van der Waals surface area contributed by atoms with Crippen LogP contribution in [0.1, 0.15) is 34.1 Å². The molecule has 0 rings (SSSR count). The van der Waals surface area contributed by atoms with Crippen molar-refractivity contribution in [3.8, 4) is 0 Å². The average Bonchev–Trinajstić information content (AvgIpc) is 2.20. The highest BCUT2D eigenvalue weighted by atomic mass is 16.5. The molecule has 0 aliphatic heterocycles. The van der Waals surface area contributed by atoms with E-state index >= 15 is 0 Å². The number of rotatable bonds is 9. The van der Waals surface area contributed by atoms with Gasteiger partial charge in [-0.15, -0.1) is 0 Å². The molecule has 0 bridgehead atoms. The third kappa shape index (κ3) is 8.08. The van der Waals surface area contributed by atoms with Crippen LogP contribution in [0.4, 0.5) is 0 Å². The fraction of sp³-hybridized carbons (Fsp3) is 1.00. The van der Waals surface area contributed by atoms with Crippen molar-refractivity contribution in [2.45, 2.75) is 34.1 Å². The van der Waals surface area contributed by atoms with E-state index in [0.29, 0.717) is 11.3 Å². The summed E-state index contributed by atoms with van der Waals surface area (Å²) in [7, 11) is 1.73. The number of nitrogens with one attached hydrogen (secondary N) is 1. The molecule has 1 unspecified atom stereocenters. The normalized spacial score (nSPS) is 14.1. The topological polar surface area (TPSA) is 30.5 Å². The Bertz CT molecular complexity index is 155. The lowest BCUT2D eigenvalue weighted by molar-refractivity contribution is 0.104. The first-order valence-electron chi connectivity index (χ1n) is 6.29. The summed E-state index contributed by atoms with van der Waals surface area (Å²) in [6.45, 7) is 13.4. The monoisotopic (exact) mass is 231 g/mol. The van der Waals surface area contributed by atoms with Gasteiger partial charge in [0.1, 0.15) is 0 Å². The van der Waals surface area contributed by atoms with Crippen molar-refractivity contribution in [2.75, 3.05) is 40.0 Å². The van der Waals surface area contributed by atoms with Crippen LogP contribution in [0.2, 0.25) is 0 Å². The molecule has 0 heterocycles. The van der Waals surface area contributed by atoms with E-state index in [2.05, 4.69) is 26.1 Å². The summed E-state index contributed by atoms with van der Waals surface area (Å²) in [6.07, 6.45) is 1.12. The maximum Gasteiger partial charge on any atom is 0.0587 e. The van der Waals surface area contributed by atoms with Gasteiger partial charge in [-0.05, 0) is 31.2 Å². The number of methoxy groups -OCH3 is 1. The minimum atomic E-state index is 0.331. The van der Waals surface area contributed by atoms with Crippen molar-refractivity contribution in [2.24, 2.45) is 11.3 Å². The van der Waals surface area contributed by atoms with E-state index in [1.807, 2.05) is 6.92 Å². The molecule has 1 atom stereocenters. The molecule has 0 saturated heterocycles. The van der Waals surface area contributed by atoms with Gasteiger partial charge in [-0.1, -0.05) is 20.8 Å². The molecule has 0 aliphatic carbocycles. The van der Waals surface area contributed by atoms with Gasteiger partial charge in [0.25, 0.3) is 0 Å². The van der Waals surface area contributed by atoms with E-state index in [1.165, 1.54) is 0 Å². The van der Waals surface area contributed by atoms with E-state index in [0.717, 1.165) is 39.3 Å². The zero-order chi connectivity index (χ0) is 12.4. The summed E-state index contributed by atoms with van der Waals surface area (Å²) in [4.78, 5) is 0. The second-order valence-electron chi connectivity index (χ2n) is 5.25. The van der Waals surface area contributed by atoms with Crippen LogP contribution in [0.3, 0.4) is 0 Å². The summed E-state index contributed by atoms with van der Waals surface area (Å²) < 4.78 is 10.5. The van der Waals surface area contributed by atoms with Crippen molar-refractivity contribution < 1.29 is 9.47 Å². The number of hydrogen-bond donors (Lipinski definition) is 1. The Morgan fingerprint density at radius 3 is 2.38 bits per heavy atom. The molecular weight excluding hydrogens is 202 g/mol. The highest BCUT2D eigenvalue weighted by Gasteiger charge is 2.23. The van der Waals surface area contributed by atoms with Gasteiger partial charge in [-0.2, -0.15) is 0 Å². The van der Waals surface area contributed by atoms with Crippen LogP contribution in [-0.2, 0) is 9.47 Å². The summed E-state index contributed by atoms with van der Waals surface area (Å²) in [5.41, 5.74) is 0.331. The van der Waals surface area contributed by atoms with Gasteiger partial charge < -0.3 is 14.8 Å². The lowest BCUT2D eigenvalue weighted by Gasteiger charge is -2.31. The fourth-order valence-electron chi connectivity index (χ4n) is 1.66. The predicted molar refractivity (Wildman–Crippen MR) is 68.8 cm³/mol. The van der Waals surface area contributed by atoms with Crippen LogP contribution in [-0.4, -0.2) is 40.0 Å². The molecule has 3 heteroatoms. The van der Waals surface area contributed by atoms with Gasteiger partial charge in [0.2, 0.25) is 0 Å². The summed E-state index contributed by atoms with van der Waals surface area (Å²) in [5, 5.41) is 3.44. The number of ether oxygens (including phenoxy) is 2. The zero-order valence-electron chi connectivity index (χ0n) is 11.6. The third-order valence-corrected chi connectivity index (χ3v) is 2.91. The van der Waals surface area contributed by atoms with Crippen LogP contribution in [0.25, 0.3) is 0 Å². The third-order valence-electron chi connectivity index (χ3n) is 2.91. The molecule has 0 aromatic rings. The molecule has 0 aliphatic rings. The molecule has 0 radical (unpaired) electrons. The Hall–Kier alpha value is -0.120. The molecule has 0 amide bonds. The van der Waals surface area contributed by atoms with Crippen LogP contribution in [0.15, 0.2) is 0 Å². The summed E-state index contributed by atoms with van der Waals surface area (Å²) >= 11 is 0. The first-order valence-corrected chi connectivity index (χ1v) is 6.29. The molecule has 0 saturated carbocycles. The van der Waals surface area contributed by atoms with Gasteiger partial charge in [-0.25, -0.2) is 0 Å².